The summed E-state index contributed by atoms with van der Waals surface area (Å²) < 4.78 is 0. The number of aromatic nitrogens is 2. The second kappa shape index (κ2) is 5.79. The Kier molecular flexibility index (Phi) is 3.85. The largest absolute Gasteiger partial charge is 0.289 e. The monoisotopic (exact) mass is 316 g/mol. The molecule has 2 aromatic rings. The standard InChI is InChI=1S/C14H12N4OS2/c1-9-16-17-13(20-9)15-14-18(2)12(19)11(21-14)8-10-6-4-3-5-7-10/h3-8H,1-2H3/b11-8-,15-14+. The van der Waals surface area contributed by atoms with Crippen LogP contribution in [0.25, 0.3) is 6.08 Å². The molecule has 5 nitrogen and oxygen atoms in total. The molecule has 1 amide bonds. The van der Waals surface area contributed by atoms with Gasteiger partial charge in [-0.3, -0.25) is 9.69 Å². The summed E-state index contributed by atoms with van der Waals surface area (Å²) in [5.74, 6) is -0.0520. The number of hydrogen-bond donors (Lipinski definition) is 0. The van der Waals surface area contributed by atoms with Gasteiger partial charge in [-0.05, 0) is 30.3 Å². The number of likely N-dealkylation sites (N-methyl/N-ethyl adjacent to an activating group) is 1. The highest BCUT2D eigenvalue weighted by atomic mass is 32.2. The Bertz CT molecular complexity index is 736. The van der Waals surface area contributed by atoms with E-state index in [2.05, 4.69) is 15.2 Å². The van der Waals surface area contributed by atoms with Crippen molar-refractivity contribution in [2.75, 3.05) is 7.05 Å². The van der Waals surface area contributed by atoms with Crippen molar-refractivity contribution in [2.24, 2.45) is 4.99 Å². The van der Waals surface area contributed by atoms with Gasteiger partial charge < -0.3 is 0 Å². The van der Waals surface area contributed by atoms with E-state index >= 15 is 0 Å². The lowest BCUT2D eigenvalue weighted by atomic mass is 10.2. The number of amidine groups is 1. The third-order valence-electron chi connectivity index (χ3n) is 2.81. The van der Waals surface area contributed by atoms with Gasteiger partial charge in [0.25, 0.3) is 5.91 Å². The second-order valence-electron chi connectivity index (χ2n) is 4.38. The number of nitrogens with zero attached hydrogens (tertiary/aromatic N) is 4. The molecule has 21 heavy (non-hydrogen) atoms. The maximum absolute atomic E-state index is 12.2. The van der Waals surface area contributed by atoms with E-state index in [1.165, 1.54) is 28.0 Å². The molecule has 106 valence electrons. The van der Waals surface area contributed by atoms with Crippen molar-refractivity contribution in [3.63, 3.8) is 0 Å². The molecule has 0 radical (unpaired) electrons. The fraction of sp³-hybridized carbons (Fsp3) is 0.143. The molecule has 0 bridgehead atoms. The quantitative estimate of drug-likeness (QED) is 0.799. The van der Waals surface area contributed by atoms with Gasteiger partial charge in [0, 0.05) is 7.05 Å². The lowest BCUT2D eigenvalue weighted by Crippen LogP contribution is -2.23. The predicted molar refractivity (Wildman–Crippen MR) is 86.5 cm³/mol. The van der Waals surface area contributed by atoms with Crippen LogP contribution in [0.4, 0.5) is 5.13 Å². The lowest BCUT2D eigenvalue weighted by Gasteiger charge is -2.05. The van der Waals surface area contributed by atoms with E-state index < -0.39 is 0 Å². The van der Waals surface area contributed by atoms with Gasteiger partial charge in [0.1, 0.15) is 5.01 Å². The van der Waals surface area contributed by atoms with Crippen LogP contribution in [-0.4, -0.2) is 33.2 Å². The summed E-state index contributed by atoms with van der Waals surface area (Å²) in [6.07, 6.45) is 1.87. The molecule has 1 saturated heterocycles. The summed E-state index contributed by atoms with van der Waals surface area (Å²) in [5, 5.41) is 9.92. The molecule has 2 heterocycles. The van der Waals surface area contributed by atoms with Crippen LogP contribution in [0.3, 0.4) is 0 Å². The molecule has 1 aromatic heterocycles. The van der Waals surface area contributed by atoms with Gasteiger partial charge in [-0.2, -0.15) is 4.99 Å². The van der Waals surface area contributed by atoms with E-state index in [9.17, 15) is 4.79 Å². The number of hydrogen-bond acceptors (Lipinski definition) is 6. The van der Waals surface area contributed by atoms with Crippen LogP contribution in [0.1, 0.15) is 10.6 Å². The van der Waals surface area contributed by atoms with Gasteiger partial charge in [-0.25, -0.2) is 0 Å². The van der Waals surface area contributed by atoms with Crippen LogP contribution in [0.2, 0.25) is 0 Å². The average molecular weight is 316 g/mol. The number of aliphatic imine (C=N–C) groups is 1. The molecule has 7 heteroatoms. The highest BCUT2D eigenvalue weighted by Crippen LogP contribution is 2.33. The number of rotatable bonds is 2. The lowest BCUT2D eigenvalue weighted by molar-refractivity contribution is -0.121. The topological polar surface area (TPSA) is 58.5 Å². The van der Waals surface area contributed by atoms with Crippen LogP contribution in [0.5, 0.6) is 0 Å². The van der Waals surface area contributed by atoms with Crippen LogP contribution in [-0.2, 0) is 4.79 Å². The fourth-order valence-corrected chi connectivity index (χ4v) is 3.35. The zero-order chi connectivity index (χ0) is 14.8. The number of carbonyl (C=O) groups excluding carboxylic acids is 1. The van der Waals surface area contributed by atoms with Gasteiger partial charge in [0.15, 0.2) is 5.17 Å². The molecule has 0 unspecified atom stereocenters. The molecule has 1 aliphatic heterocycles. The van der Waals surface area contributed by atoms with Crippen molar-refractivity contribution in [3.8, 4) is 0 Å². The third kappa shape index (κ3) is 3.03. The summed E-state index contributed by atoms with van der Waals surface area (Å²) >= 11 is 2.75. The number of aryl methyl sites for hydroxylation is 1. The number of thioether (sulfide) groups is 1. The Morgan fingerprint density at radius 2 is 2.00 bits per heavy atom. The minimum Gasteiger partial charge on any atom is -0.289 e. The minimum absolute atomic E-state index is 0.0520. The average Bonchev–Trinajstić information content (AvgIpc) is 3.00. The zero-order valence-corrected chi connectivity index (χ0v) is 13.1. The molecule has 0 saturated carbocycles. The van der Waals surface area contributed by atoms with Crippen molar-refractivity contribution >= 4 is 45.4 Å². The first-order valence-electron chi connectivity index (χ1n) is 6.25. The molecule has 3 rings (SSSR count). The van der Waals surface area contributed by atoms with E-state index in [4.69, 9.17) is 0 Å². The van der Waals surface area contributed by atoms with Crippen molar-refractivity contribution in [2.45, 2.75) is 6.92 Å². The van der Waals surface area contributed by atoms with E-state index in [-0.39, 0.29) is 5.91 Å². The second-order valence-corrected chi connectivity index (χ2v) is 6.55. The van der Waals surface area contributed by atoms with Gasteiger partial charge in [0.2, 0.25) is 5.13 Å². The first-order valence-corrected chi connectivity index (χ1v) is 7.88. The highest BCUT2D eigenvalue weighted by molar-refractivity contribution is 8.18. The first-order chi connectivity index (χ1) is 10.1. The smallest absolute Gasteiger partial charge is 0.266 e. The summed E-state index contributed by atoms with van der Waals surface area (Å²) in [6.45, 7) is 1.87. The van der Waals surface area contributed by atoms with Crippen molar-refractivity contribution in [1.82, 2.24) is 15.1 Å². The van der Waals surface area contributed by atoms with E-state index in [0.717, 1.165) is 10.6 Å². The SMILES string of the molecule is Cc1nnc(/N=C2/S/C(=C\c3ccccc3)C(=O)N2C)s1. The van der Waals surface area contributed by atoms with Crippen LogP contribution in [0.15, 0.2) is 40.2 Å². The normalized spacial score (nSPS) is 19.0. The van der Waals surface area contributed by atoms with Gasteiger partial charge in [0.05, 0.1) is 4.91 Å². The molecular weight excluding hydrogens is 304 g/mol. The van der Waals surface area contributed by atoms with E-state index in [0.29, 0.717) is 15.2 Å². The molecule has 1 fully saturated rings. The van der Waals surface area contributed by atoms with Crippen molar-refractivity contribution in [3.05, 3.63) is 45.8 Å². The first kappa shape index (κ1) is 14.0. The Hall–Kier alpha value is -1.99. The Labute approximate surface area is 130 Å². The Balaban J connectivity index is 1.89. The van der Waals surface area contributed by atoms with Crippen molar-refractivity contribution < 1.29 is 4.79 Å². The number of carbonyl (C=O) groups is 1. The van der Waals surface area contributed by atoms with Gasteiger partial charge in [-0.1, -0.05) is 41.7 Å². The number of benzene rings is 1. The van der Waals surface area contributed by atoms with Crippen molar-refractivity contribution in [1.29, 1.82) is 0 Å². The Morgan fingerprint density at radius 3 is 2.67 bits per heavy atom. The van der Waals surface area contributed by atoms with Gasteiger partial charge in [-0.15, -0.1) is 10.2 Å². The number of amides is 1. The molecule has 0 aliphatic carbocycles. The predicted octanol–water partition coefficient (Wildman–Crippen LogP) is 3.08. The molecule has 1 aromatic carbocycles. The van der Waals surface area contributed by atoms with Crippen LogP contribution < -0.4 is 0 Å². The van der Waals surface area contributed by atoms with Gasteiger partial charge >= 0.3 is 0 Å². The van der Waals surface area contributed by atoms with Crippen LogP contribution in [0, 0.1) is 6.92 Å². The maximum atomic E-state index is 12.2. The zero-order valence-electron chi connectivity index (χ0n) is 11.5. The molecule has 1 aliphatic rings. The Morgan fingerprint density at radius 1 is 1.24 bits per heavy atom. The molecule has 0 spiro atoms. The summed E-state index contributed by atoms with van der Waals surface area (Å²) in [5.41, 5.74) is 0.995. The third-order valence-corrected chi connectivity index (χ3v) is 4.60. The van der Waals surface area contributed by atoms with E-state index in [1.54, 1.807) is 7.05 Å². The summed E-state index contributed by atoms with van der Waals surface area (Å²) in [7, 11) is 1.72. The summed E-state index contributed by atoms with van der Waals surface area (Å²) in [6, 6.07) is 9.76. The minimum atomic E-state index is -0.0520. The van der Waals surface area contributed by atoms with E-state index in [1.807, 2.05) is 43.3 Å². The highest BCUT2D eigenvalue weighted by Gasteiger charge is 2.30. The molecule has 0 N–H and O–H groups in total. The summed E-state index contributed by atoms with van der Waals surface area (Å²) in [4.78, 5) is 18.8. The maximum Gasteiger partial charge on any atom is 0.266 e. The fourth-order valence-electron chi connectivity index (χ4n) is 1.77. The molecular formula is C14H12N4OS2. The van der Waals surface area contributed by atoms with Crippen LogP contribution >= 0.6 is 23.1 Å². The molecule has 0 atom stereocenters.